The number of carbonyl (C=O) groups excluding carboxylic acids is 3. The highest BCUT2D eigenvalue weighted by Crippen LogP contribution is 2.60. The molecule has 2 bridgehead atoms. The molecule has 3 fully saturated rings. The largest absolute Gasteiger partial charge is 0.465 e. The molecule has 2 saturated carbocycles. The van der Waals surface area contributed by atoms with E-state index in [0.29, 0.717) is 11.3 Å². The number of ether oxygens (including phenoxy) is 1. The number of carbonyl (C=O) groups is 3. The fourth-order valence-corrected chi connectivity index (χ4v) is 5.14. The molecule has 0 spiro atoms. The van der Waals surface area contributed by atoms with E-state index >= 15 is 0 Å². The first kappa shape index (κ1) is 16.1. The number of hydrogen-bond donors (Lipinski definition) is 0. The molecule has 4 rings (SSSR count). The van der Waals surface area contributed by atoms with E-state index in [2.05, 4.69) is 13.8 Å². The van der Waals surface area contributed by atoms with E-state index in [1.165, 1.54) is 23.2 Å². The number of nitrogens with zero attached hydrogens (tertiary/aromatic N) is 1. The molecule has 0 unspecified atom stereocenters. The number of imide groups is 1. The average Bonchev–Trinajstić information content (AvgIpc) is 3.24. The van der Waals surface area contributed by atoms with E-state index in [4.69, 9.17) is 4.74 Å². The second kappa shape index (κ2) is 5.55. The van der Waals surface area contributed by atoms with Crippen LogP contribution in [0.4, 0.5) is 5.69 Å². The highest BCUT2D eigenvalue weighted by molar-refractivity contribution is 6.23. The highest BCUT2D eigenvalue weighted by Gasteiger charge is 2.63. The van der Waals surface area contributed by atoms with Crippen molar-refractivity contribution in [2.75, 3.05) is 12.0 Å². The van der Waals surface area contributed by atoms with Crippen molar-refractivity contribution in [2.24, 2.45) is 23.7 Å². The van der Waals surface area contributed by atoms with Gasteiger partial charge in [-0.3, -0.25) is 9.59 Å². The quantitative estimate of drug-likeness (QED) is 0.472. The van der Waals surface area contributed by atoms with Gasteiger partial charge in [0.15, 0.2) is 0 Å². The van der Waals surface area contributed by atoms with Crippen LogP contribution < -0.4 is 4.90 Å². The molecule has 5 nitrogen and oxygen atoms in total. The van der Waals surface area contributed by atoms with Crippen molar-refractivity contribution in [1.29, 1.82) is 0 Å². The molecule has 1 aliphatic heterocycles. The number of allylic oxidation sites excluding steroid dienone is 2. The predicted octanol–water partition coefficient (Wildman–Crippen LogP) is 2.96. The van der Waals surface area contributed by atoms with Crippen LogP contribution in [0.25, 0.3) is 0 Å². The lowest BCUT2D eigenvalue weighted by Gasteiger charge is -2.19. The number of benzene rings is 1. The van der Waals surface area contributed by atoms with Gasteiger partial charge in [-0.05, 0) is 56.7 Å². The monoisotopic (exact) mass is 339 g/mol. The molecule has 25 heavy (non-hydrogen) atoms. The summed E-state index contributed by atoms with van der Waals surface area (Å²) in [7, 11) is 1.31. The first-order valence-corrected chi connectivity index (χ1v) is 8.69. The van der Waals surface area contributed by atoms with Gasteiger partial charge in [-0.25, -0.2) is 9.69 Å². The van der Waals surface area contributed by atoms with Gasteiger partial charge in [-0.15, -0.1) is 0 Å². The zero-order valence-corrected chi connectivity index (χ0v) is 14.6. The summed E-state index contributed by atoms with van der Waals surface area (Å²) in [5, 5.41) is 0. The first-order valence-electron chi connectivity index (χ1n) is 8.69. The van der Waals surface area contributed by atoms with Crippen molar-refractivity contribution >= 4 is 23.5 Å². The third kappa shape index (κ3) is 2.11. The topological polar surface area (TPSA) is 63.7 Å². The summed E-state index contributed by atoms with van der Waals surface area (Å²) in [5.74, 6) is -0.801. The Hall–Kier alpha value is -2.43. The van der Waals surface area contributed by atoms with Crippen LogP contribution in [-0.2, 0) is 14.3 Å². The molecule has 1 aromatic rings. The van der Waals surface area contributed by atoms with E-state index in [9.17, 15) is 14.4 Å². The molecule has 130 valence electrons. The van der Waals surface area contributed by atoms with E-state index in [1.807, 2.05) is 0 Å². The predicted molar refractivity (Wildman–Crippen MR) is 91.8 cm³/mol. The molecule has 0 aromatic heterocycles. The van der Waals surface area contributed by atoms with Crippen LogP contribution in [0.15, 0.2) is 35.4 Å². The molecule has 1 saturated heterocycles. The summed E-state index contributed by atoms with van der Waals surface area (Å²) in [5.41, 5.74) is 3.39. The van der Waals surface area contributed by atoms with Crippen molar-refractivity contribution in [3.63, 3.8) is 0 Å². The van der Waals surface area contributed by atoms with Crippen LogP contribution in [0.1, 0.15) is 37.0 Å². The summed E-state index contributed by atoms with van der Waals surface area (Å²) in [6.07, 6.45) is 1.98. The lowest BCUT2D eigenvalue weighted by Crippen LogP contribution is -2.33. The molecule has 0 radical (unpaired) electrons. The SMILES string of the molecule is COC(=O)c1cccc(N2C(=O)[C@@H]3[C@H](C2=O)[C@@H]2CC[C@H]3C2=C(C)C)c1. The van der Waals surface area contributed by atoms with Crippen molar-refractivity contribution < 1.29 is 19.1 Å². The Balaban J connectivity index is 1.72. The number of hydrogen-bond acceptors (Lipinski definition) is 4. The number of fused-ring (bicyclic) bond motifs is 5. The van der Waals surface area contributed by atoms with E-state index in [-0.39, 0.29) is 35.5 Å². The molecule has 1 heterocycles. The van der Waals surface area contributed by atoms with Crippen LogP contribution in [0.5, 0.6) is 0 Å². The highest BCUT2D eigenvalue weighted by atomic mass is 16.5. The molecule has 4 atom stereocenters. The van der Waals surface area contributed by atoms with Gasteiger partial charge in [0.25, 0.3) is 0 Å². The lowest BCUT2D eigenvalue weighted by molar-refractivity contribution is -0.123. The third-order valence-electron chi connectivity index (χ3n) is 5.96. The van der Waals surface area contributed by atoms with E-state index in [0.717, 1.165) is 12.8 Å². The zero-order valence-electron chi connectivity index (χ0n) is 14.6. The minimum atomic E-state index is -0.479. The van der Waals surface area contributed by atoms with Gasteiger partial charge in [-0.2, -0.15) is 0 Å². The number of methoxy groups -OCH3 is 1. The van der Waals surface area contributed by atoms with Gasteiger partial charge in [0.2, 0.25) is 11.8 Å². The first-order chi connectivity index (χ1) is 12.0. The summed E-state index contributed by atoms with van der Waals surface area (Å²) < 4.78 is 4.73. The summed E-state index contributed by atoms with van der Waals surface area (Å²) in [6, 6.07) is 6.55. The summed E-state index contributed by atoms with van der Waals surface area (Å²) in [4.78, 5) is 39.2. The van der Waals surface area contributed by atoms with Gasteiger partial charge in [-0.1, -0.05) is 17.2 Å². The molecular weight excluding hydrogens is 318 g/mol. The third-order valence-corrected chi connectivity index (χ3v) is 5.96. The van der Waals surface area contributed by atoms with Crippen molar-refractivity contribution in [2.45, 2.75) is 26.7 Å². The Kier molecular flexibility index (Phi) is 3.56. The van der Waals surface area contributed by atoms with Crippen molar-refractivity contribution in [3.8, 4) is 0 Å². The second-order valence-corrected chi connectivity index (χ2v) is 7.35. The molecule has 2 amide bonds. The fourth-order valence-electron chi connectivity index (χ4n) is 5.14. The maximum atomic E-state index is 13.1. The van der Waals surface area contributed by atoms with Crippen LogP contribution >= 0.6 is 0 Å². The van der Waals surface area contributed by atoms with Crippen LogP contribution in [-0.4, -0.2) is 24.9 Å². The standard InChI is InChI=1S/C20H21NO4/c1-10(2)15-13-7-8-14(15)17-16(13)18(22)21(19(17)23)12-6-4-5-11(9-12)20(24)25-3/h4-6,9,13-14,16-17H,7-8H2,1-3H3/t13-,14+,16-,17+. The maximum Gasteiger partial charge on any atom is 0.337 e. The molecule has 1 aromatic carbocycles. The minimum absolute atomic E-state index is 0.122. The smallest absolute Gasteiger partial charge is 0.337 e. The Morgan fingerprint density at radius 2 is 1.68 bits per heavy atom. The molecule has 5 heteroatoms. The van der Waals surface area contributed by atoms with Gasteiger partial charge < -0.3 is 4.74 Å². The normalized spacial score (nSPS) is 30.0. The lowest BCUT2D eigenvalue weighted by atomic mass is 9.81. The van der Waals surface area contributed by atoms with Crippen LogP contribution in [0.3, 0.4) is 0 Å². The van der Waals surface area contributed by atoms with Gasteiger partial charge in [0.1, 0.15) is 0 Å². The summed E-state index contributed by atoms with van der Waals surface area (Å²) in [6.45, 7) is 4.16. The van der Waals surface area contributed by atoms with Crippen molar-refractivity contribution in [3.05, 3.63) is 41.0 Å². The van der Waals surface area contributed by atoms with Crippen molar-refractivity contribution in [1.82, 2.24) is 0 Å². The maximum absolute atomic E-state index is 13.1. The number of amides is 2. The minimum Gasteiger partial charge on any atom is -0.465 e. The Labute approximate surface area is 146 Å². The summed E-state index contributed by atoms with van der Waals surface area (Å²) >= 11 is 0. The second-order valence-electron chi connectivity index (χ2n) is 7.35. The molecule has 0 N–H and O–H groups in total. The number of anilines is 1. The fraction of sp³-hybridized carbons (Fsp3) is 0.450. The van der Waals surface area contributed by atoms with Gasteiger partial charge >= 0.3 is 5.97 Å². The van der Waals surface area contributed by atoms with E-state index in [1.54, 1.807) is 24.3 Å². The number of esters is 1. The Morgan fingerprint density at radius 3 is 2.20 bits per heavy atom. The van der Waals surface area contributed by atoms with E-state index < -0.39 is 5.97 Å². The van der Waals surface area contributed by atoms with Crippen LogP contribution in [0.2, 0.25) is 0 Å². The average molecular weight is 339 g/mol. The molecule has 2 aliphatic carbocycles. The van der Waals surface area contributed by atoms with Gasteiger partial charge in [0, 0.05) is 0 Å². The Morgan fingerprint density at radius 1 is 1.08 bits per heavy atom. The van der Waals surface area contributed by atoms with Gasteiger partial charge in [0.05, 0.1) is 30.2 Å². The molecular formula is C20H21NO4. The zero-order chi connectivity index (χ0) is 17.9. The molecule has 3 aliphatic rings. The number of rotatable bonds is 2. The van der Waals surface area contributed by atoms with Crippen LogP contribution in [0, 0.1) is 23.7 Å². The Bertz CT molecular complexity index is 789.